The van der Waals surface area contributed by atoms with Gasteiger partial charge < -0.3 is 4.74 Å². The predicted molar refractivity (Wildman–Crippen MR) is 140 cm³/mol. The third-order valence-corrected chi connectivity index (χ3v) is 6.31. The van der Waals surface area contributed by atoms with Crippen LogP contribution in [0.1, 0.15) is 77.7 Å². The van der Waals surface area contributed by atoms with Crippen LogP contribution in [0.2, 0.25) is 0 Å². The third kappa shape index (κ3) is 8.09. The maximum absolute atomic E-state index is 12.0. The molecule has 0 radical (unpaired) electrons. The molecule has 0 aliphatic carbocycles. The van der Waals surface area contributed by atoms with Gasteiger partial charge in [0.2, 0.25) is 0 Å². The van der Waals surface area contributed by atoms with Gasteiger partial charge in [0.1, 0.15) is 5.75 Å². The van der Waals surface area contributed by atoms with Crippen molar-refractivity contribution in [3.8, 4) is 28.3 Å². The maximum atomic E-state index is 12.0. The third-order valence-electron chi connectivity index (χ3n) is 6.31. The lowest BCUT2D eigenvalue weighted by Gasteiger charge is -2.09. The van der Waals surface area contributed by atoms with Crippen LogP contribution in [0, 0.1) is 5.92 Å². The van der Waals surface area contributed by atoms with Crippen LogP contribution in [0.3, 0.4) is 0 Å². The van der Waals surface area contributed by atoms with Crippen molar-refractivity contribution in [2.75, 3.05) is 0 Å². The van der Waals surface area contributed by atoms with Gasteiger partial charge in [0.25, 0.3) is 0 Å². The first-order chi connectivity index (χ1) is 16.6. The van der Waals surface area contributed by atoms with Crippen molar-refractivity contribution in [1.82, 2.24) is 9.97 Å². The van der Waals surface area contributed by atoms with Crippen molar-refractivity contribution in [3.63, 3.8) is 0 Å². The fourth-order valence-electron chi connectivity index (χ4n) is 3.87. The summed E-state index contributed by atoms with van der Waals surface area (Å²) in [4.78, 5) is 21.1. The minimum atomic E-state index is -0.187. The first-order valence-electron chi connectivity index (χ1n) is 12.8. The molecule has 0 aliphatic rings. The van der Waals surface area contributed by atoms with Gasteiger partial charge in [0.05, 0.1) is 0 Å². The first kappa shape index (κ1) is 25.6. The van der Waals surface area contributed by atoms with Gasteiger partial charge in [-0.25, -0.2) is 9.97 Å². The Morgan fingerprint density at radius 3 is 2.06 bits per heavy atom. The second kappa shape index (κ2) is 13.6. The van der Waals surface area contributed by atoms with Gasteiger partial charge >= 0.3 is 5.97 Å². The SMILES string of the molecule is CCCCCCCCc1ccc(-c2ncc(-c3ccc(OC(=O)CC(C)CC)cc3)cn2)cc1. The molecule has 34 heavy (non-hydrogen) atoms. The van der Waals surface area contributed by atoms with Crippen LogP contribution in [0.25, 0.3) is 22.5 Å². The van der Waals surface area contributed by atoms with E-state index in [1.807, 2.05) is 36.7 Å². The molecule has 0 saturated carbocycles. The molecule has 4 heteroatoms. The van der Waals surface area contributed by atoms with Gasteiger partial charge in [0.15, 0.2) is 5.82 Å². The Bertz CT molecular complexity index is 995. The van der Waals surface area contributed by atoms with E-state index in [9.17, 15) is 4.79 Å². The number of esters is 1. The van der Waals surface area contributed by atoms with Crippen molar-refractivity contribution in [1.29, 1.82) is 0 Å². The molecule has 0 aliphatic heterocycles. The Morgan fingerprint density at radius 2 is 1.41 bits per heavy atom. The number of aryl methyl sites for hydroxylation is 1. The Balaban J connectivity index is 1.53. The van der Waals surface area contributed by atoms with E-state index in [0.29, 0.717) is 18.1 Å². The Morgan fingerprint density at radius 1 is 0.794 bits per heavy atom. The van der Waals surface area contributed by atoms with Crippen molar-refractivity contribution < 1.29 is 9.53 Å². The topological polar surface area (TPSA) is 52.1 Å². The molecule has 4 nitrogen and oxygen atoms in total. The van der Waals surface area contributed by atoms with E-state index < -0.39 is 0 Å². The number of rotatable bonds is 13. The van der Waals surface area contributed by atoms with E-state index in [4.69, 9.17) is 4.74 Å². The molecule has 2 aromatic carbocycles. The molecule has 0 fully saturated rings. The van der Waals surface area contributed by atoms with Crippen LogP contribution in [-0.4, -0.2) is 15.9 Å². The van der Waals surface area contributed by atoms with Crippen LogP contribution < -0.4 is 4.74 Å². The zero-order valence-electron chi connectivity index (χ0n) is 20.9. The van der Waals surface area contributed by atoms with Crippen molar-refractivity contribution >= 4 is 5.97 Å². The molecule has 3 aromatic rings. The molecule has 0 amide bonds. The summed E-state index contributed by atoms with van der Waals surface area (Å²) in [5.41, 5.74) is 4.33. The number of hydrogen-bond donors (Lipinski definition) is 0. The average Bonchev–Trinajstić information content (AvgIpc) is 2.87. The highest BCUT2D eigenvalue weighted by Gasteiger charge is 2.10. The lowest BCUT2D eigenvalue weighted by atomic mass is 10.0. The second-order valence-electron chi connectivity index (χ2n) is 9.23. The quantitative estimate of drug-likeness (QED) is 0.148. The van der Waals surface area contributed by atoms with Crippen molar-refractivity contribution in [2.24, 2.45) is 5.92 Å². The molecule has 1 atom stereocenters. The van der Waals surface area contributed by atoms with Crippen LogP contribution in [0.15, 0.2) is 60.9 Å². The number of carbonyl (C=O) groups is 1. The molecular formula is C30H38N2O2. The first-order valence-corrected chi connectivity index (χ1v) is 12.8. The van der Waals surface area contributed by atoms with E-state index >= 15 is 0 Å². The van der Waals surface area contributed by atoms with E-state index in [1.54, 1.807) is 0 Å². The summed E-state index contributed by atoms with van der Waals surface area (Å²) in [6, 6.07) is 16.1. The number of hydrogen-bond acceptors (Lipinski definition) is 4. The molecule has 1 aromatic heterocycles. The zero-order chi connectivity index (χ0) is 24.2. The molecule has 1 unspecified atom stereocenters. The van der Waals surface area contributed by atoms with Gasteiger partial charge in [-0.2, -0.15) is 0 Å². The number of carbonyl (C=O) groups excluding carboxylic acids is 1. The molecule has 0 spiro atoms. The fraction of sp³-hybridized carbons (Fsp3) is 0.433. The Hall–Kier alpha value is -3.01. The lowest BCUT2D eigenvalue weighted by Crippen LogP contribution is -2.11. The van der Waals surface area contributed by atoms with Crippen molar-refractivity contribution in [2.45, 2.75) is 78.6 Å². The molecule has 3 rings (SSSR count). The van der Waals surface area contributed by atoms with Crippen LogP contribution in [0.5, 0.6) is 5.75 Å². The number of nitrogens with zero attached hydrogens (tertiary/aromatic N) is 2. The highest BCUT2D eigenvalue weighted by Crippen LogP contribution is 2.24. The largest absolute Gasteiger partial charge is 0.427 e. The number of ether oxygens (including phenoxy) is 1. The van der Waals surface area contributed by atoms with Crippen LogP contribution in [0.4, 0.5) is 0 Å². The van der Waals surface area contributed by atoms with Gasteiger partial charge in [-0.1, -0.05) is 95.7 Å². The highest BCUT2D eigenvalue weighted by molar-refractivity contribution is 5.73. The van der Waals surface area contributed by atoms with E-state index in [0.717, 1.165) is 35.4 Å². The number of unbranched alkanes of at least 4 members (excludes halogenated alkanes) is 5. The summed E-state index contributed by atoms with van der Waals surface area (Å²) in [6.07, 6.45) is 14.2. The molecule has 0 saturated heterocycles. The minimum absolute atomic E-state index is 0.187. The van der Waals surface area contributed by atoms with E-state index in [-0.39, 0.29) is 5.97 Å². The predicted octanol–water partition coefficient (Wildman–Crippen LogP) is 8.06. The van der Waals surface area contributed by atoms with E-state index in [2.05, 4.69) is 55.0 Å². The molecule has 0 N–H and O–H groups in total. The summed E-state index contributed by atoms with van der Waals surface area (Å²) in [5.74, 6) is 1.44. The second-order valence-corrected chi connectivity index (χ2v) is 9.23. The fourth-order valence-corrected chi connectivity index (χ4v) is 3.87. The molecule has 180 valence electrons. The summed E-state index contributed by atoms with van der Waals surface area (Å²) >= 11 is 0. The van der Waals surface area contributed by atoms with Crippen molar-refractivity contribution in [3.05, 3.63) is 66.5 Å². The van der Waals surface area contributed by atoms with Gasteiger partial charge in [-0.15, -0.1) is 0 Å². The average molecular weight is 459 g/mol. The summed E-state index contributed by atoms with van der Waals surface area (Å²) in [7, 11) is 0. The lowest BCUT2D eigenvalue weighted by molar-refractivity contribution is -0.135. The Labute approximate surface area is 204 Å². The standard InChI is InChI=1S/C30H38N2O2/c1-4-6-7-8-9-10-11-24-12-14-26(15-13-24)30-31-21-27(22-32-30)25-16-18-28(19-17-25)34-29(33)20-23(3)5-2/h12-19,21-23H,4-11,20H2,1-3H3. The molecule has 1 heterocycles. The summed E-state index contributed by atoms with van der Waals surface area (Å²) in [5, 5.41) is 0. The normalized spacial score (nSPS) is 11.9. The highest BCUT2D eigenvalue weighted by atomic mass is 16.5. The molecular weight excluding hydrogens is 420 g/mol. The summed E-state index contributed by atoms with van der Waals surface area (Å²) in [6.45, 7) is 6.39. The summed E-state index contributed by atoms with van der Waals surface area (Å²) < 4.78 is 5.44. The van der Waals surface area contributed by atoms with Gasteiger partial charge in [0, 0.05) is 29.9 Å². The number of aromatic nitrogens is 2. The van der Waals surface area contributed by atoms with Crippen LogP contribution >= 0.6 is 0 Å². The maximum Gasteiger partial charge on any atom is 0.311 e. The monoisotopic (exact) mass is 458 g/mol. The van der Waals surface area contributed by atoms with Gasteiger partial charge in [-0.3, -0.25) is 4.79 Å². The smallest absolute Gasteiger partial charge is 0.311 e. The van der Waals surface area contributed by atoms with E-state index in [1.165, 1.54) is 44.1 Å². The zero-order valence-corrected chi connectivity index (χ0v) is 20.9. The van der Waals surface area contributed by atoms with Gasteiger partial charge in [-0.05, 0) is 42.0 Å². The van der Waals surface area contributed by atoms with Crippen LogP contribution in [-0.2, 0) is 11.2 Å². The minimum Gasteiger partial charge on any atom is -0.427 e. The Kier molecular flexibility index (Phi) is 10.3. The number of benzene rings is 2. The molecule has 0 bridgehead atoms.